The summed E-state index contributed by atoms with van der Waals surface area (Å²) >= 11 is 0. The van der Waals surface area contributed by atoms with Crippen LogP contribution in [0, 0.1) is 0 Å². The van der Waals surface area contributed by atoms with E-state index in [-0.39, 0.29) is 17.4 Å². The van der Waals surface area contributed by atoms with E-state index in [0.717, 1.165) is 19.4 Å². The van der Waals surface area contributed by atoms with Gasteiger partial charge in [-0.05, 0) is 55.0 Å². The van der Waals surface area contributed by atoms with Crippen molar-refractivity contribution in [3.05, 3.63) is 54.1 Å². The molecule has 0 aliphatic carbocycles. The van der Waals surface area contributed by atoms with Crippen LogP contribution < -0.4 is 14.8 Å². The van der Waals surface area contributed by atoms with E-state index in [1.807, 2.05) is 48.5 Å². The van der Waals surface area contributed by atoms with Gasteiger partial charge in [0.1, 0.15) is 18.1 Å². The summed E-state index contributed by atoms with van der Waals surface area (Å²) in [5, 5.41) is 2.89. The molecular formula is C24H31NO4. The van der Waals surface area contributed by atoms with E-state index < -0.39 is 6.10 Å². The Kier molecular flexibility index (Phi) is 6.80. The largest absolute Gasteiger partial charge is 0.491 e. The van der Waals surface area contributed by atoms with E-state index in [1.165, 1.54) is 5.56 Å². The number of amides is 1. The molecule has 1 N–H and O–H groups in total. The van der Waals surface area contributed by atoms with Crippen molar-refractivity contribution in [2.24, 2.45) is 0 Å². The molecule has 0 aromatic heterocycles. The van der Waals surface area contributed by atoms with E-state index in [2.05, 4.69) is 26.1 Å². The molecule has 2 aromatic carbocycles. The molecule has 1 amide bonds. The van der Waals surface area contributed by atoms with Gasteiger partial charge in [-0.1, -0.05) is 39.0 Å². The average molecular weight is 398 g/mol. The second-order valence-electron chi connectivity index (χ2n) is 8.50. The number of hydrogen-bond donors (Lipinski definition) is 1. The van der Waals surface area contributed by atoms with Crippen molar-refractivity contribution in [1.29, 1.82) is 0 Å². The van der Waals surface area contributed by atoms with Crippen molar-refractivity contribution in [3.8, 4) is 11.5 Å². The van der Waals surface area contributed by atoms with Crippen LogP contribution in [-0.4, -0.2) is 31.3 Å². The molecule has 1 saturated heterocycles. The van der Waals surface area contributed by atoms with Crippen LogP contribution in [0.2, 0.25) is 0 Å². The lowest BCUT2D eigenvalue weighted by molar-refractivity contribution is -0.122. The maximum absolute atomic E-state index is 12.5. The second kappa shape index (κ2) is 9.31. The molecule has 5 nitrogen and oxygen atoms in total. The Morgan fingerprint density at radius 1 is 1.17 bits per heavy atom. The lowest BCUT2D eigenvalue weighted by Crippen LogP contribution is -2.30. The van der Waals surface area contributed by atoms with Crippen molar-refractivity contribution in [2.75, 3.05) is 18.5 Å². The highest BCUT2D eigenvalue weighted by Crippen LogP contribution is 2.25. The fourth-order valence-corrected chi connectivity index (χ4v) is 3.16. The van der Waals surface area contributed by atoms with Crippen molar-refractivity contribution in [1.82, 2.24) is 0 Å². The number of nitrogens with one attached hydrogen (secondary N) is 1. The van der Waals surface area contributed by atoms with Crippen LogP contribution in [0.4, 0.5) is 5.69 Å². The van der Waals surface area contributed by atoms with E-state index in [0.29, 0.717) is 23.8 Å². The van der Waals surface area contributed by atoms with Crippen LogP contribution in [0.3, 0.4) is 0 Å². The van der Waals surface area contributed by atoms with Crippen LogP contribution >= 0.6 is 0 Å². The van der Waals surface area contributed by atoms with Gasteiger partial charge >= 0.3 is 0 Å². The minimum Gasteiger partial charge on any atom is -0.491 e. The third kappa shape index (κ3) is 6.23. The van der Waals surface area contributed by atoms with Crippen molar-refractivity contribution in [3.63, 3.8) is 0 Å². The molecule has 1 aliphatic heterocycles. The van der Waals surface area contributed by atoms with E-state index in [1.54, 1.807) is 6.92 Å². The molecule has 2 aromatic rings. The lowest BCUT2D eigenvalue weighted by atomic mass is 9.87. The maximum atomic E-state index is 12.5. The highest BCUT2D eigenvalue weighted by Gasteiger charge is 2.18. The fourth-order valence-electron chi connectivity index (χ4n) is 3.16. The first-order valence-electron chi connectivity index (χ1n) is 10.2. The molecule has 0 radical (unpaired) electrons. The summed E-state index contributed by atoms with van der Waals surface area (Å²) in [5.41, 5.74) is 1.98. The van der Waals surface area contributed by atoms with Crippen LogP contribution in [0.15, 0.2) is 48.5 Å². The third-order valence-corrected chi connectivity index (χ3v) is 4.96. The van der Waals surface area contributed by atoms with Crippen molar-refractivity contribution < 1.29 is 19.0 Å². The third-order valence-electron chi connectivity index (χ3n) is 4.96. The molecule has 3 rings (SSSR count). The average Bonchev–Trinajstić information content (AvgIpc) is 3.20. The number of carbonyl (C=O) groups is 1. The Morgan fingerprint density at radius 3 is 2.59 bits per heavy atom. The number of benzene rings is 2. The zero-order valence-corrected chi connectivity index (χ0v) is 17.7. The van der Waals surface area contributed by atoms with Crippen molar-refractivity contribution >= 4 is 11.6 Å². The van der Waals surface area contributed by atoms with Crippen LogP contribution in [0.25, 0.3) is 0 Å². The number of carbonyl (C=O) groups excluding carboxylic acids is 1. The van der Waals surface area contributed by atoms with Gasteiger partial charge in [0.15, 0.2) is 6.10 Å². The Morgan fingerprint density at radius 2 is 1.93 bits per heavy atom. The quantitative estimate of drug-likeness (QED) is 0.718. The van der Waals surface area contributed by atoms with Crippen LogP contribution in [0.1, 0.15) is 46.1 Å². The molecule has 1 aliphatic rings. The summed E-state index contributed by atoms with van der Waals surface area (Å²) in [5.74, 6) is 1.18. The molecule has 5 heteroatoms. The zero-order valence-electron chi connectivity index (χ0n) is 17.7. The Hall–Kier alpha value is -2.53. The molecule has 1 heterocycles. The summed E-state index contributed by atoms with van der Waals surface area (Å²) in [6.07, 6.45) is 1.65. The van der Waals surface area contributed by atoms with Crippen molar-refractivity contribution in [2.45, 2.75) is 58.2 Å². The molecule has 2 unspecified atom stereocenters. The zero-order chi connectivity index (χ0) is 20.9. The second-order valence-corrected chi connectivity index (χ2v) is 8.50. The maximum Gasteiger partial charge on any atom is 0.265 e. The standard InChI is InChI=1S/C24H31NO4/c1-17(29-20-12-10-18(11-13-20)24(2,3)4)23(26)25-19-7-5-8-21(15-19)28-16-22-9-6-14-27-22/h5,7-8,10-13,15,17,22H,6,9,14,16H2,1-4H3,(H,25,26). The molecule has 0 bridgehead atoms. The van der Waals surface area contributed by atoms with Gasteiger partial charge in [-0.15, -0.1) is 0 Å². The summed E-state index contributed by atoms with van der Waals surface area (Å²) in [4.78, 5) is 12.5. The first-order valence-corrected chi connectivity index (χ1v) is 10.2. The van der Waals surface area contributed by atoms with Crippen LogP contribution in [-0.2, 0) is 14.9 Å². The molecule has 0 saturated carbocycles. The van der Waals surface area contributed by atoms with Gasteiger partial charge in [-0.2, -0.15) is 0 Å². The fraction of sp³-hybridized carbons (Fsp3) is 0.458. The number of hydrogen-bond acceptors (Lipinski definition) is 4. The summed E-state index contributed by atoms with van der Waals surface area (Å²) in [6, 6.07) is 15.3. The Balaban J connectivity index is 1.53. The minimum atomic E-state index is -0.619. The Bertz CT molecular complexity index is 804. The van der Waals surface area contributed by atoms with E-state index in [9.17, 15) is 4.79 Å². The van der Waals surface area contributed by atoms with E-state index in [4.69, 9.17) is 14.2 Å². The topological polar surface area (TPSA) is 56.8 Å². The first-order chi connectivity index (χ1) is 13.8. The number of ether oxygens (including phenoxy) is 3. The SMILES string of the molecule is CC(Oc1ccc(C(C)(C)C)cc1)C(=O)Nc1cccc(OCC2CCCO2)c1. The van der Waals surface area contributed by atoms with Gasteiger partial charge < -0.3 is 19.5 Å². The number of anilines is 1. The highest BCUT2D eigenvalue weighted by atomic mass is 16.5. The molecule has 29 heavy (non-hydrogen) atoms. The van der Waals surface area contributed by atoms with Gasteiger partial charge in [0.2, 0.25) is 0 Å². The number of rotatable bonds is 7. The predicted molar refractivity (Wildman–Crippen MR) is 115 cm³/mol. The van der Waals surface area contributed by atoms with Gasteiger partial charge in [-0.3, -0.25) is 4.79 Å². The molecule has 156 valence electrons. The summed E-state index contributed by atoms with van der Waals surface area (Å²) < 4.78 is 17.2. The van der Waals surface area contributed by atoms with Gasteiger partial charge in [0, 0.05) is 18.4 Å². The van der Waals surface area contributed by atoms with E-state index >= 15 is 0 Å². The molecular weight excluding hydrogens is 366 g/mol. The lowest BCUT2D eigenvalue weighted by Gasteiger charge is -2.20. The van der Waals surface area contributed by atoms with Gasteiger partial charge in [-0.25, -0.2) is 0 Å². The van der Waals surface area contributed by atoms with Gasteiger partial charge in [0.05, 0.1) is 6.10 Å². The minimum absolute atomic E-state index is 0.0818. The molecule has 1 fully saturated rings. The smallest absolute Gasteiger partial charge is 0.265 e. The normalized spacial score (nSPS) is 17.6. The van der Waals surface area contributed by atoms with Crippen LogP contribution in [0.5, 0.6) is 11.5 Å². The highest BCUT2D eigenvalue weighted by molar-refractivity contribution is 5.94. The predicted octanol–water partition coefficient (Wildman–Crippen LogP) is 4.95. The summed E-state index contributed by atoms with van der Waals surface area (Å²) in [6.45, 7) is 9.57. The van der Waals surface area contributed by atoms with Gasteiger partial charge in [0.25, 0.3) is 5.91 Å². The molecule has 2 atom stereocenters. The monoisotopic (exact) mass is 397 g/mol. The summed E-state index contributed by atoms with van der Waals surface area (Å²) in [7, 11) is 0. The Labute approximate surface area is 173 Å². The first kappa shape index (κ1) is 21.2. The molecule has 0 spiro atoms.